The number of nitrogens with zero attached hydrogens (tertiary/aromatic N) is 3. The Labute approximate surface area is 187 Å². The van der Waals surface area contributed by atoms with Crippen LogP contribution >= 0.6 is 11.6 Å². The lowest BCUT2D eigenvalue weighted by Crippen LogP contribution is -2.17. The lowest BCUT2D eigenvalue weighted by Gasteiger charge is -2.14. The van der Waals surface area contributed by atoms with Gasteiger partial charge < -0.3 is 10.6 Å². The van der Waals surface area contributed by atoms with Gasteiger partial charge in [-0.2, -0.15) is 18.3 Å². The first-order valence-corrected chi connectivity index (χ1v) is 9.55. The average Bonchev–Trinajstić information content (AvgIpc) is 3.20. The van der Waals surface area contributed by atoms with E-state index < -0.39 is 34.3 Å². The van der Waals surface area contributed by atoms with Crippen molar-refractivity contribution in [2.24, 2.45) is 0 Å². The van der Waals surface area contributed by atoms with Crippen molar-refractivity contribution in [2.45, 2.75) is 12.7 Å². The van der Waals surface area contributed by atoms with Crippen molar-refractivity contribution >= 4 is 40.0 Å². The number of alkyl halides is 3. The number of hydrogen-bond donors (Lipinski definition) is 3. The number of nitrogens with one attached hydrogen (secondary N) is 3. The average molecular weight is 483 g/mol. The molecule has 0 aliphatic carbocycles. The van der Waals surface area contributed by atoms with Crippen LogP contribution in [0.5, 0.6) is 0 Å². The second-order valence-electron chi connectivity index (χ2n) is 6.77. The normalized spacial score (nSPS) is 11.6. The van der Waals surface area contributed by atoms with Crippen LogP contribution in [0, 0.1) is 11.6 Å². The molecule has 0 unspecified atom stereocenters. The summed E-state index contributed by atoms with van der Waals surface area (Å²) in [5.41, 5.74) is -0.966. The molecular weight excluding hydrogens is 471 g/mol. The highest BCUT2D eigenvalue weighted by Crippen LogP contribution is 2.38. The predicted octanol–water partition coefficient (Wildman–Crippen LogP) is 5.17. The fourth-order valence-corrected chi connectivity index (χ4v) is 3.42. The van der Waals surface area contributed by atoms with E-state index in [-0.39, 0.29) is 23.6 Å². The number of carbonyl (C=O) groups excluding carboxylic acids is 1. The van der Waals surface area contributed by atoms with Crippen LogP contribution < -0.4 is 10.6 Å². The minimum atomic E-state index is -5.01. The third-order valence-corrected chi connectivity index (χ3v) is 4.87. The first-order valence-electron chi connectivity index (χ1n) is 9.17. The molecule has 4 aromatic rings. The molecule has 0 aliphatic rings. The molecule has 3 N–H and O–H groups in total. The quantitative estimate of drug-likeness (QED) is 0.341. The molecule has 4 rings (SSSR count). The number of benzene rings is 1. The van der Waals surface area contributed by atoms with Crippen molar-refractivity contribution in [3.05, 3.63) is 76.2 Å². The van der Waals surface area contributed by atoms with Crippen LogP contribution in [0.4, 0.5) is 33.5 Å². The molecule has 0 fully saturated rings. The van der Waals surface area contributed by atoms with E-state index in [1.54, 1.807) is 18.5 Å². The van der Waals surface area contributed by atoms with E-state index in [1.165, 1.54) is 0 Å². The molecule has 0 saturated heterocycles. The smallest absolute Gasteiger partial charge is 0.365 e. The van der Waals surface area contributed by atoms with Crippen molar-refractivity contribution in [3.8, 4) is 0 Å². The summed E-state index contributed by atoms with van der Waals surface area (Å²) in [5, 5.41) is 11.5. The van der Waals surface area contributed by atoms with Gasteiger partial charge in [0.2, 0.25) is 0 Å². The van der Waals surface area contributed by atoms with Crippen molar-refractivity contribution in [1.82, 2.24) is 20.2 Å². The lowest BCUT2D eigenvalue weighted by molar-refractivity contribution is -0.139. The van der Waals surface area contributed by atoms with E-state index in [0.717, 1.165) is 23.9 Å². The highest BCUT2D eigenvalue weighted by molar-refractivity contribution is 6.31. The van der Waals surface area contributed by atoms with E-state index in [9.17, 15) is 26.7 Å². The van der Waals surface area contributed by atoms with E-state index >= 15 is 0 Å². The van der Waals surface area contributed by atoms with Crippen molar-refractivity contribution < 1.29 is 26.7 Å². The van der Waals surface area contributed by atoms with Gasteiger partial charge in [-0.1, -0.05) is 11.6 Å². The standard InChI is InChI=1S/C20H12ClF5N6O/c21-14-4-11(5-15(23)16(14)20(24,25)26)31-19(33)12-3-10(22)7-29-17(12)28-6-9-1-2-27-18-13(9)8-30-32-18/h1-5,7-8H,6H2,(H,28,29)(H,31,33)(H,27,30,32). The summed E-state index contributed by atoms with van der Waals surface area (Å²) >= 11 is 5.55. The van der Waals surface area contributed by atoms with Gasteiger partial charge in [0.25, 0.3) is 5.91 Å². The van der Waals surface area contributed by atoms with Crippen LogP contribution in [0.25, 0.3) is 11.0 Å². The molecule has 3 aromatic heterocycles. The Kier molecular flexibility index (Phi) is 5.85. The topological polar surface area (TPSA) is 95.6 Å². The SMILES string of the molecule is O=C(Nc1cc(F)c(C(F)(F)F)c(Cl)c1)c1cc(F)cnc1NCc1ccnc2[nH]ncc12. The number of aromatic nitrogens is 4. The molecule has 0 radical (unpaired) electrons. The summed E-state index contributed by atoms with van der Waals surface area (Å²) in [5.74, 6) is -3.45. The molecule has 3 heterocycles. The van der Waals surface area contributed by atoms with Gasteiger partial charge in [-0.05, 0) is 29.8 Å². The summed E-state index contributed by atoms with van der Waals surface area (Å²) < 4.78 is 66.4. The molecule has 0 spiro atoms. The van der Waals surface area contributed by atoms with Gasteiger partial charge >= 0.3 is 6.18 Å². The van der Waals surface area contributed by atoms with Gasteiger partial charge in [-0.25, -0.2) is 18.7 Å². The molecule has 13 heteroatoms. The minimum Gasteiger partial charge on any atom is -0.365 e. The number of fused-ring (bicyclic) bond motifs is 1. The van der Waals surface area contributed by atoms with Crippen LogP contribution in [-0.4, -0.2) is 26.1 Å². The zero-order chi connectivity index (χ0) is 23.8. The first kappa shape index (κ1) is 22.4. The van der Waals surface area contributed by atoms with Gasteiger partial charge in [0.15, 0.2) is 5.65 Å². The van der Waals surface area contributed by atoms with Crippen LogP contribution in [-0.2, 0) is 12.7 Å². The Morgan fingerprint density at radius 3 is 2.64 bits per heavy atom. The van der Waals surface area contributed by atoms with Gasteiger partial charge in [-0.3, -0.25) is 9.89 Å². The third-order valence-electron chi connectivity index (χ3n) is 4.57. The summed E-state index contributed by atoms with van der Waals surface area (Å²) in [4.78, 5) is 20.7. The maximum atomic E-state index is 14.0. The Bertz CT molecular complexity index is 1330. The van der Waals surface area contributed by atoms with E-state index in [0.29, 0.717) is 17.1 Å². The van der Waals surface area contributed by atoms with Crippen molar-refractivity contribution in [2.75, 3.05) is 10.6 Å². The van der Waals surface area contributed by atoms with E-state index in [4.69, 9.17) is 11.6 Å². The fourth-order valence-electron chi connectivity index (χ4n) is 3.11. The number of hydrogen-bond acceptors (Lipinski definition) is 5. The highest BCUT2D eigenvalue weighted by Gasteiger charge is 2.37. The number of aromatic amines is 1. The zero-order valence-electron chi connectivity index (χ0n) is 16.3. The van der Waals surface area contributed by atoms with E-state index in [2.05, 4.69) is 30.8 Å². The summed E-state index contributed by atoms with van der Waals surface area (Å²) in [6.45, 7) is 0.165. The number of amides is 1. The maximum Gasteiger partial charge on any atom is 0.420 e. The molecule has 170 valence electrons. The molecule has 1 amide bonds. The largest absolute Gasteiger partial charge is 0.420 e. The molecule has 0 bridgehead atoms. The summed E-state index contributed by atoms with van der Waals surface area (Å²) in [6.07, 6.45) is -1.02. The highest BCUT2D eigenvalue weighted by atomic mass is 35.5. The molecule has 1 aromatic carbocycles. The van der Waals surface area contributed by atoms with Gasteiger partial charge in [0.05, 0.1) is 23.0 Å². The monoisotopic (exact) mass is 482 g/mol. The lowest BCUT2D eigenvalue weighted by atomic mass is 10.1. The van der Waals surface area contributed by atoms with Crippen molar-refractivity contribution in [1.29, 1.82) is 0 Å². The van der Waals surface area contributed by atoms with Crippen LogP contribution in [0.15, 0.2) is 42.9 Å². The number of anilines is 2. The number of pyridine rings is 2. The number of rotatable bonds is 5. The second kappa shape index (κ2) is 8.62. The van der Waals surface area contributed by atoms with Gasteiger partial charge in [-0.15, -0.1) is 0 Å². The minimum absolute atomic E-state index is 0.0131. The van der Waals surface area contributed by atoms with Crippen LogP contribution in [0.1, 0.15) is 21.5 Å². The Hall–Kier alpha value is -3.80. The molecular formula is C20H12ClF5N6O. The Morgan fingerprint density at radius 2 is 1.91 bits per heavy atom. The third kappa shape index (κ3) is 4.70. The number of carbonyl (C=O) groups is 1. The molecule has 33 heavy (non-hydrogen) atoms. The Morgan fingerprint density at radius 1 is 1.12 bits per heavy atom. The summed E-state index contributed by atoms with van der Waals surface area (Å²) in [6, 6.07) is 3.81. The molecule has 7 nitrogen and oxygen atoms in total. The summed E-state index contributed by atoms with van der Waals surface area (Å²) in [7, 11) is 0. The number of halogens is 6. The second-order valence-corrected chi connectivity index (χ2v) is 7.18. The fraction of sp³-hybridized carbons (Fsp3) is 0.100. The maximum absolute atomic E-state index is 14.0. The van der Waals surface area contributed by atoms with Gasteiger partial charge in [0.1, 0.15) is 23.0 Å². The van der Waals surface area contributed by atoms with Gasteiger partial charge in [0, 0.05) is 23.8 Å². The predicted molar refractivity (Wildman–Crippen MR) is 110 cm³/mol. The Balaban J connectivity index is 1.58. The molecule has 0 aliphatic heterocycles. The van der Waals surface area contributed by atoms with Crippen LogP contribution in [0.2, 0.25) is 5.02 Å². The van der Waals surface area contributed by atoms with Crippen molar-refractivity contribution in [3.63, 3.8) is 0 Å². The van der Waals surface area contributed by atoms with E-state index in [1.807, 2.05) is 0 Å². The number of H-pyrrole nitrogens is 1. The van der Waals surface area contributed by atoms with Crippen LogP contribution in [0.3, 0.4) is 0 Å². The first-order chi connectivity index (χ1) is 15.6. The molecule has 0 saturated carbocycles. The zero-order valence-corrected chi connectivity index (χ0v) is 17.0. The molecule has 0 atom stereocenters.